The maximum Gasteiger partial charge on any atom is 0.435 e. The Balaban J connectivity index is 2.82. The fourth-order valence-electron chi connectivity index (χ4n) is 0.988. The quantitative estimate of drug-likeness (QED) is 0.732. The van der Waals surface area contributed by atoms with Gasteiger partial charge in [0.1, 0.15) is 5.82 Å². The Kier molecular flexibility index (Phi) is 3.89. The molecule has 96 valence electrons. The highest BCUT2D eigenvalue weighted by Gasteiger charge is 2.33. The smallest absolute Gasteiger partial charge is 0.394 e. The van der Waals surface area contributed by atoms with Gasteiger partial charge in [-0.1, -0.05) is 0 Å². The first-order valence-electron chi connectivity index (χ1n) is 4.71. The van der Waals surface area contributed by atoms with Crippen LogP contribution >= 0.6 is 0 Å². The first-order valence-corrected chi connectivity index (χ1v) is 4.71. The fraction of sp³-hybridized carbons (Fsp3) is 0.556. The Morgan fingerprint density at radius 2 is 1.76 bits per heavy atom. The van der Waals surface area contributed by atoms with E-state index in [1.165, 1.54) is 6.92 Å². The summed E-state index contributed by atoms with van der Waals surface area (Å²) in [5.74, 6) is 0.0450. The molecule has 0 spiro atoms. The lowest BCUT2D eigenvalue weighted by molar-refractivity contribution is -0.141. The highest BCUT2D eigenvalue weighted by molar-refractivity contribution is 5.36. The molecule has 0 amide bonds. The van der Waals surface area contributed by atoms with Crippen molar-refractivity contribution in [3.63, 3.8) is 0 Å². The lowest BCUT2D eigenvalue weighted by Crippen LogP contribution is -2.42. The highest BCUT2D eigenvalue weighted by atomic mass is 19.4. The van der Waals surface area contributed by atoms with Crippen molar-refractivity contribution in [1.82, 2.24) is 10.2 Å². The maximum atomic E-state index is 12.2. The van der Waals surface area contributed by atoms with E-state index in [-0.39, 0.29) is 5.82 Å². The highest BCUT2D eigenvalue weighted by Crippen LogP contribution is 2.27. The topological polar surface area (TPSA) is 78.3 Å². The lowest BCUT2D eigenvalue weighted by atomic mass is 10.1. The van der Waals surface area contributed by atoms with Crippen molar-refractivity contribution in [2.75, 3.05) is 18.5 Å². The number of hydrogen-bond donors (Lipinski definition) is 3. The van der Waals surface area contributed by atoms with E-state index in [0.29, 0.717) is 0 Å². The lowest BCUT2D eigenvalue weighted by Gasteiger charge is -2.26. The van der Waals surface area contributed by atoms with Gasteiger partial charge in [0.25, 0.3) is 0 Å². The summed E-state index contributed by atoms with van der Waals surface area (Å²) in [5.41, 5.74) is -2.16. The van der Waals surface area contributed by atoms with Crippen LogP contribution in [0.15, 0.2) is 12.1 Å². The third-order valence-corrected chi connectivity index (χ3v) is 2.08. The van der Waals surface area contributed by atoms with Crippen molar-refractivity contribution < 1.29 is 23.4 Å². The third-order valence-electron chi connectivity index (χ3n) is 2.08. The van der Waals surface area contributed by atoms with E-state index in [1.807, 2.05) is 0 Å². The van der Waals surface area contributed by atoms with Gasteiger partial charge >= 0.3 is 6.18 Å². The molecule has 17 heavy (non-hydrogen) atoms. The number of halogens is 3. The van der Waals surface area contributed by atoms with E-state index in [4.69, 9.17) is 10.2 Å². The fourth-order valence-corrected chi connectivity index (χ4v) is 0.988. The molecule has 3 N–H and O–H groups in total. The number of aliphatic hydroxyl groups is 2. The van der Waals surface area contributed by atoms with Crippen molar-refractivity contribution >= 4 is 5.82 Å². The Bertz CT molecular complexity index is 363. The van der Waals surface area contributed by atoms with Crippen LogP contribution in [0.2, 0.25) is 0 Å². The predicted molar refractivity (Wildman–Crippen MR) is 53.2 cm³/mol. The summed E-state index contributed by atoms with van der Waals surface area (Å²) in [5, 5.41) is 26.9. The molecule has 8 heteroatoms. The minimum Gasteiger partial charge on any atom is -0.394 e. The molecule has 1 heterocycles. The zero-order valence-corrected chi connectivity index (χ0v) is 8.99. The molecular weight excluding hydrogens is 239 g/mol. The van der Waals surface area contributed by atoms with Crippen LogP contribution < -0.4 is 5.32 Å². The van der Waals surface area contributed by atoms with E-state index in [1.54, 1.807) is 0 Å². The molecule has 0 unspecified atom stereocenters. The molecule has 0 fully saturated rings. The number of aliphatic hydroxyl groups excluding tert-OH is 2. The second-order valence-corrected chi connectivity index (χ2v) is 3.80. The molecule has 0 atom stereocenters. The summed E-state index contributed by atoms with van der Waals surface area (Å²) in [6.45, 7) is 0.699. The van der Waals surface area contributed by atoms with Crippen LogP contribution in [-0.4, -0.2) is 39.2 Å². The molecule has 0 aliphatic carbocycles. The van der Waals surface area contributed by atoms with Gasteiger partial charge in [0.05, 0.1) is 18.8 Å². The molecule has 0 radical (unpaired) electrons. The molecule has 1 aromatic rings. The Morgan fingerprint density at radius 3 is 2.12 bits per heavy atom. The van der Waals surface area contributed by atoms with Crippen molar-refractivity contribution in [1.29, 1.82) is 0 Å². The zero-order chi connectivity index (χ0) is 13.1. The van der Waals surface area contributed by atoms with Crippen LogP contribution in [0.3, 0.4) is 0 Å². The van der Waals surface area contributed by atoms with E-state index < -0.39 is 30.6 Å². The summed E-state index contributed by atoms with van der Waals surface area (Å²) >= 11 is 0. The summed E-state index contributed by atoms with van der Waals surface area (Å²) in [4.78, 5) is 0. The molecule has 1 aromatic heterocycles. The molecule has 0 bridgehead atoms. The molecule has 0 saturated carbocycles. The number of alkyl halides is 3. The number of nitrogens with zero attached hydrogens (tertiary/aromatic N) is 2. The average molecular weight is 251 g/mol. The molecule has 0 aliphatic rings. The minimum absolute atomic E-state index is 0.0450. The number of hydrogen-bond acceptors (Lipinski definition) is 5. The first kappa shape index (κ1) is 13.7. The van der Waals surface area contributed by atoms with Gasteiger partial charge in [-0.15, -0.1) is 10.2 Å². The van der Waals surface area contributed by atoms with Crippen LogP contribution in [0.5, 0.6) is 0 Å². The van der Waals surface area contributed by atoms with Crippen molar-refractivity contribution in [3.05, 3.63) is 17.8 Å². The van der Waals surface area contributed by atoms with Gasteiger partial charge in [-0.25, -0.2) is 0 Å². The second-order valence-electron chi connectivity index (χ2n) is 3.80. The summed E-state index contributed by atoms with van der Waals surface area (Å²) < 4.78 is 36.6. The van der Waals surface area contributed by atoms with Gasteiger partial charge in [-0.05, 0) is 19.1 Å². The minimum atomic E-state index is -4.54. The zero-order valence-electron chi connectivity index (χ0n) is 8.99. The summed E-state index contributed by atoms with van der Waals surface area (Å²) in [7, 11) is 0. The van der Waals surface area contributed by atoms with Gasteiger partial charge in [0.2, 0.25) is 0 Å². The molecule has 0 aromatic carbocycles. The molecule has 0 saturated heterocycles. The van der Waals surface area contributed by atoms with Crippen LogP contribution in [0.4, 0.5) is 19.0 Å². The van der Waals surface area contributed by atoms with Crippen molar-refractivity contribution in [2.45, 2.75) is 18.6 Å². The second kappa shape index (κ2) is 4.84. The number of aromatic nitrogens is 2. The van der Waals surface area contributed by atoms with Gasteiger partial charge in [-0.2, -0.15) is 13.2 Å². The molecular formula is C9H12F3N3O2. The Hall–Kier alpha value is -1.41. The summed E-state index contributed by atoms with van der Waals surface area (Å²) in [6, 6.07) is 1.85. The van der Waals surface area contributed by atoms with Crippen LogP contribution in [-0.2, 0) is 6.18 Å². The van der Waals surface area contributed by atoms with E-state index in [2.05, 4.69) is 15.5 Å². The number of anilines is 1. The van der Waals surface area contributed by atoms with E-state index in [0.717, 1.165) is 12.1 Å². The maximum absolute atomic E-state index is 12.2. The van der Waals surface area contributed by atoms with Crippen LogP contribution in [0, 0.1) is 0 Å². The van der Waals surface area contributed by atoms with E-state index >= 15 is 0 Å². The standard InChI is InChI=1S/C9H12F3N3O2/c1-8(4-16,5-17)13-7-3-2-6(14-15-7)9(10,11)12/h2-3,16-17H,4-5H2,1H3,(H,13,15). The normalized spacial score (nSPS) is 12.6. The number of rotatable bonds is 4. The van der Waals surface area contributed by atoms with Crippen LogP contribution in [0.25, 0.3) is 0 Å². The first-order chi connectivity index (χ1) is 7.80. The summed E-state index contributed by atoms with van der Waals surface area (Å²) in [6.07, 6.45) is -4.54. The molecule has 0 aliphatic heterocycles. The predicted octanol–water partition coefficient (Wildman–Crippen LogP) is 0.651. The molecule has 1 rings (SSSR count). The Morgan fingerprint density at radius 1 is 1.18 bits per heavy atom. The van der Waals surface area contributed by atoms with E-state index in [9.17, 15) is 13.2 Å². The van der Waals surface area contributed by atoms with Gasteiger partial charge in [0.15, 0.2) is 5.69 Å². The Labute approximate surface area is 95.3 Å². The largest absolute Gasteiger partial charge is 0.435 e. The SMILES string of the molecule is CC(CO)(CO)Nc1ccc(C(F)(F)F)nn1. The average Bonchev–Trinajstić information content (AvgIpc) is 2.28. The van der Waals surface area contributed by atoms with Gasteiger partial charge in [-0.3, -0.25) is 0 Å². The van der Waals surface area contributed by atoms with Gasteiger partial charge < -0.3 is 15.5 Å². The van der Waals surface area contributed by atoms with Gasteiger partial charge in [0, 0.05) is 0 Å². The third kappa shape index (κ3) is 3.53. The molecule has 5 nitrogen and oxygen atoms in total. The van der Waals surface area contributed by atoms with Crippen molar-refractivity contribution in [3.8, 4) is 0 Å². The van der Waals surface area contributed by atoms with Crippen LogP contribution in [0.1, 0.15) is 12.6 Å². The number of nitrogens with one attached hydrogen (secondary N) is 1. The van der Waals surface area contributed by atoms with Crippen molar-refractivity contribution in [2.24, 2.45) is 0 Å². The monoisotopic (exact) mass is 251 g/mol.